The number of carboxylic acid groups (broad SMARTS) is 1. The van der Waals surface area contributed by atoms with Gasteiger partial charge in [0.2, 0.25) is 0 Å². The van der Waals surface area contributed by atoms with E-state index in [2.05, 4.69) is 44.9 Å². The van der Waals surface area contributed by atoms with Crippen LogP contribution in [0.1, 0.15) is 24.4 Å². The molecule has 4 heterocycles. The highest BCUT2D eigenvalue weighted by atomic mass is 35.5. The fourth-order valence-electron chi connectivity index (χ4n) is 4.51. The maximum atomic E-state index is 13.5. The van der Waals surface area contributed by atoms with Crippen molar-refractivity contribution in [3.05, 3.63) is 86.3 Å². The van der Waals surface area contributed by atoms with Crippen molar-refractivity contribution < 1.29 is 46.2 Å². The Labute approximate surface area is 344 Å². The number of aromatic nitrogens is 7. The number of aliphatic carboxylic acids is 1. The number of carboxylic acids is 1. The van der Waals surface area contributed by atoms with Gasteiger partial charge in [-0.2, -0.15) is 18.1 Å². The van der Waals surface area contributed by atoms with Crippen LogP contribution >= 0.6 is 30.8 Å². The minimum Gasteiger partial charge on any atom is -0.778 e. The number of aryl methyl sites for hydroxylation is 2. The molecule has 4 N–H and O–H groups in total. The molecule has 0 saturated heterocycles. The van der Waals surface area contributed by atoms with E-state index in [1.807, 2.05) is 5.32 Å². The zero-order valence-corrected chi connectivity index (χ0v) is 35.3. The number of anilines is 1. The van der Waals surface area contributed by atoms with Crippen molar-refractivity contribution in [1.29, 1.82) is 0 Å². The van der Waals surface area contributed by atoms with Gasteiger partial charge in [0, 0.05) is 30.9 Å². The molecular formula is C33H38Cl2F2N9O9PS2. The summed E-state index contributed by atoms with van der Waals surface area (Å²) in [6.07, 6.45) is 15.3. The molecule has 0 aliphatic carbocycles. The van der Waals surface area contributed by atoms with Crippen molar-refractivity contribution in [1.82, 2.24) is 39.2 Å². The van der Waals surface area contributed by atoms with Gasteiger partial charge in [-0.15, -0.1) is 16.6 Å². The molecule has 3 aromatic heterocycles. The van der Waals surface area contributed by atoms with Gasteiger partial charge in [-0.05, 0) is 54.9 Å². The molecule has 2 aromatic carbocycles. The molecular weight excluding hydrogens is 870 g/mol. The molecule has 25 heteroatoms. The van der Waals surface area contributed by atoms with E-state index < -0.39 is 58.9 Å². The van der Waals surface area contributed by atoms with Crippen LogP contribution in [0, 0.1) is 30.9 Å². The van der Waals surface area contributed by atoms with Crippen LogP contribution in [0.25, 0.3) is 11.5 Å². The van der Waals surface area contributed by atoms with E-state index in [9.17, 15) is 36.2 Å². The third kappa shape index (κ3) is 14.4. The molecule has 1 unspecified atom stereocenters. The molecule has 0 amide bonds. The van der Waals surface area contributed by atoms with Crippen LogP contribution in [0.5, 0.6) is 5.75 Å². The highest BCUT2D eigenvalue weighted by molar-refractivity contribution is 7.94. The molecule has 0 fully saturated rings. The van der Waals surface area contributed by atoms with Crippen molar-refractivity contribution in [2.24, 2.45) is 0 Å². The molecule has 314 valence electrons. The summed E-state index contributed by atoms with van der Waals surface area (Å²) in [4.78, 5) is 48.0. The average Bonchev–Trinajstić information content (AvgIpc) is 3.70. The third-order valence-corrected chi connectivity index (χ3v) is 9.21. The topological polar surface area (TPSA) is 248 Å². The lowest BCUT2D eigenvalue weighted by Crippen LogP contribution is -2.26. The number of sulfonamides is 1. The fraction of sp³-hybridized carbons (Fsp3) is 0.333. The number of terminal acetylenes is 1. The molecule has 1 atom stereocenters. The molecule has 1 aliphatic rings. The second-order valence-electron chi connectivity index (χ2n) is 12.2. The Bertz CT molecular complexity index is 2470. The zero-order chi connectivity index (χ0) is 43.4. The van der Waals surface area contributed by atoms with Gasteiger partial charge in [0.1, 0.15) is 43.1 Å². The monoisotopic (exact) mass is 907 g/mol. The number of nitrogens with one attached hydrogen (secondary N) is 2. The molecule has 0 bridgehead atoms. The van der Waals surface area contributed by atoms with Gasteiger partial charge < -0.3 is 24.2 Å². The van der Waals surface area contributed by atoms with E-state index in [1.165, 1.54) is 16.9 Å². The Morgan fingerprint density at radius 1 is 1.12 bits per heavy atom. The second kappa shape index (κ2) is 21.4. The average molecular weight is 909 g/mol. The van der Waals surface area contributed by atoms with Gasteiger partial charge in [-0.3, -0.25) is 19.4 Å². The first-order chi connectivity index (χ1) is 27.1. The van der Waals surface area contributed by atoms with Crippen molar-refractivity contribution in [2.75, 3.05) is 42.9 Å². The smallest absolute Gasteiger partial charge is 0.350 e. The number of rotatable bonds is 10. The summed E-state index contributed by atoms with van der Waals surface area (Å²) < 4.78 is 72.6. The van der Waals surface area contributed by atoms with Crippen molar-refractivity contribution in [2.45, 2.75) is 37.9 Å². The number of hydrogen-bond acceptors (Lipinski definition) is 12. The summed E-state index contributed by atoms with van der Waals surface area (Å²) in [6.45, 7) is 1.98. The summed E-state index contributed by atoms with van der Waals surface area (Å²) in [5.74, 6) is 0.321. The minimum atomic E-state index is -4.35. The number of carbonyl (C=O) groups is 1. The van der Waals surface area contributed by atoms with Crippen molar-refractivity contribution in [3.63, 3.8) is 0 Å². The van der Waals surface area contributed by atoms with Crippen LogP contribution < -0.4 is 25.4 Å². The number of hydrogen-bond donors (Lipinski definition) is 4. The highest BCUT2D eigenvalue weighted by Gasteiger charge is 2.24. The van der Waals surface area contributed by atoms with E-state index in [0.717, 1.165) is 47.8 Å². The van der Waals surface area contributed by atoms with Gasteiger partial charge in [-0.1, -0.05) is 35.2 Å². The molecule has 1 aliphatic heterocycles. The largest absolute Gasteiger partial charge is 0.778 e. The van der Waals surface area contributed by atoms with Crippen molar-refractivity contribution in [3.8, 4) is 23.8 Å². The van der Waals surface area contributed by atoms with Gasteiger partial charge in [0.15, 0.2) is 0 Å². The molecule has 18 nitrogen and oxygen atoms in total. The lowest BCUT2D eigenvalue weighted by molar-refractivity contribution is -0.193. The normalized spacial score (nSPS) is 13.0. The van der Waals surface area contributed by atoms with Gasteiger partial charge in [-0.25, -0.2) is 23.1 Å². The maximum Gasteiger partial charge on any atom is 0.350 e. The number of benzene rings is 2. The second-order valence-corrected chi connectivity index (χ2v) is 18.6. The summed E-state index contributed by atoms with van der Waals surface area (Å²) >= 11 is 12.3. The third-order valence-electron chi connectivity index (χ3n) is 6.87. The number of para-hydroxylation sites is 1. The zero-order valence-electron chi connectivity index (χ0n) is 31.2. The first kappa shape index (κ1) is 47.8. The number of nitrogens with zero attached hydrogens (tertiary/aromatic N) is 7. The van der Waals surface area contributed by atoms with Crippen LogP contribution in [0.15, 0.2) is 52.5 Å². The van der Waals surface area contributed by atoms with E-state index in [-0.39, 0.29) is 18.1 Å². The summed E-state index contributed by atoms with van der Waals surface area (Å²) in [5.41, 5.74) is 0.0641. The summed E-state index contributed by atoms with van der Waals surface area (Å²) in [5, 5.41) is 18.1. The Balaban J connectivity index is 0.000000236. The highest BCUT2D eigenvalue weighted by Crippen LogP contribution is 2.33. The predicted molar refractivity (Wildman–Crippen MR) is 213 cm³/mol. The van der Waals surface area contributed by atoms with Gasteiger partial charge in [0.25, 0.3) is 21.0 Å². The van der Waals surface area contributed by atoms with Crippen LogP contribution in [-0.4, -0.2) is 96.5 Å². The standard InChI is InChI=1S/C15H13Cl2N3O2.C12H9F2N5O2S.C3H8NO5P.C3H9S/c1-2-7-22-13-9-12(10(16)8-11(13)17)20-15(21)19-6-4-3-5-14(19)18-20;1-7-5-6-19-11(15-7)16-12(17-19)22(20,21)18-10-8(13)3-2-4-9(10)14;5-3(6)1-4-2-10(7,8)9;1-4(2)3/h1,8-9H,3-7H2;2-6,18H,1H3;4H,1-2H2,(H,5,6)(H2,7,8,9);1-3H3/q;;;+1/p-1. The molecule has 0 radical (unpaired) electrons. The van der Waals surface area contributed by atoms with E-state index in [0.29, 0.717) is 44.6 Å². The van der Waals surface area contributed by atoms with Crippen LogP contribution in [0.2, 0.25) is 10.0 Å². The predicted octanol–water partition coefficient (Wildman–Crippen LogP) is 2.86. The first-order valence-corrected chi connectivity index (χ1v) is 22.9. The number of fused-ring (bicyclic) bond motifs is 2. The molecule has 0 spiro atoms. The Morgan fingerprint density at radius 2 is 1.78 bits per heavy atom. The fourth-order valence-corrected chi connectivity index (χ4v) is 6.37. The minimum absolute atomic E-state index is 0.0642. The lowest BCUT2D eigenvalue weighted by Gasteiger charge is -2.14. The molecule has 0 saturated carbocycles. The lowest BCUT2D eigenvalue weighted by atomic mass is 10.2. The quantitative estimate of drug-likeness (QED) is 0.0895. The van der Waals surface area contributed by atoms with Crippen LogP contribution in [0.3, 0.4) is 0 Å². The van der Waals surface area contributed by atoms with E-state index in [4.69, 9.17) is 44.4 Å². The maximum absolute atomic E-state index is 13.5. The summed E-state index contributed by atoms with van der Waals surface area (Å²) in [7, 11) is -8.05. The van der Waals surface area contributed by atoms with Crippen LogP contribution in [-0.2, 0) is 43.2 Å². The summed E-state index contributed by atoms with van der Waals surface area (Å²) in [6, 6.07) is 7.71. The molecule has 5 aromatic rings. The van der Waals surface area contributed by atoms with E-state index >= 15 is 0 Å². The Morgan fingerprint density at radius 3 is 2.36 bits per heavy atom. The SMILES string of the molecule is C#CCOc1cc(-n2nc3n(c2=O)CCCC3)c(Cl)cc1Cl.C[S+](C)C.Cc1ccn2nc(S(=O)(=O)Nc3c(F)cccc3F)nc2n1.O=C(O)CNCP(=O)([O-])O. The Kier molecular flexibility index (Phi) is 17.6. The number of ether oxygens (including phenoxy) is 1. The Hall–Kier alpha value is -4.59. The van der Waals surface area contributed by atoms with Crippen LogP contribution in [0.4, 0.5) is 14.5 Å². The van der Waals surface area contributed by atoms with Gasteiger partial charge in [0.05, 0.1) is 47.3 Å². The first-order valence-electron chi connectivity index (χ1n) is 16.5. The van der Waals surface area contributed by atoms with Crippen molar-refractivity contribution >= 4 is 69.2 Å². The van der Waals surface area contributed by atoms with Gasteiger partial charge >= 0.3 is 11.7 Å². The molecule has 6 rings (SSSR count). The number of halogens is 4. The molecule has 58 heavy (non-hydrogen) atoms. The van der Waals surface area contributed by atoms with E-state index in [1.54, 1.807) is 28.3 Å².